The summed E-state index contributed by atoms with van der Waals surface area (Å²) in [7, 11) is 0. The van der Waals surface area contributed by atoms with Crippen molar-refractivity contribution in [1.29, 1.82) is 0 Å². The number of ketones is 1. The largest absolute Gasteiger partial charge is 0.456 e. The molecule has 55 heavy (non-hydrogen) atoms. The maximum absolute atomic E-state index is 15.0. The van der Waals surface area contributed by atoms with E-state index < -0.39 is 107 Å². The highest BCUT2D eigenvalue weighted by Gasteiger charge is 2.77. The summed E-state index contributed by atoms with van der Waals surface area (Å²) in [6.07, 6.45) is -10.3. The first-order chi connectivity index (χ1) is 25.7. The third-order valence-electron chi connectivity index (χ3n) is 12.3. The summed E-state index contributed by atoms with van der Waals surface area (Å²) >= 11 is 5.99. The van der Waals surface area contributed by atoms with E-state index in [-0.39, 0.29) is 29.7 Å². The van der Waals surface area contributed by atoms with E-state index >= 15 is 0 Å². The third kappa shape index (κ3) is 6.46. The van der Waals surface area contributed by atoms with Gasteiger partial charge in [-0.2, -0.15) is 0 Å². The SMILES string of the molecule is CC(=O)O[C@H]1C(=O)[C@@]2(C)[C@H]([C@H](O)[C@]3(O)C[C@H](OC(=O)[C@H](O)[C@@H](NC(=O)c4ccc(Cl)cc4)c4ccccc4)C(C)=C1C3(C)C)C1(OC(C)=O)CO[C@@H]1C[C@@H]2O. The Balaban J connectivity index is 1.43. The fourth-order valence-corrected chi connectivity index (χ4v) is 9.44. The van der Waals surface area contributed by atoms with E-state index in [4.69, 9.17) is 30.5 Å². The van der Waals surface area contributed by atoms with Crippen LogP contribution in [-0.2, 0) is 38.1 Å². The van der Waals surface area contributed by atoms with Gasteiger partial charge in [-0.1, -0.05) is 55.8 Å². The number of hydrogen-bond acceptors (Lipinski definition) is 13. The molecule has 5 N–H and O–H groups in total. The quantitative estimate of drug-likeness (QED) is 0.148. The summed E-state index contributed by atoms with van der Waals surface area (Å²) in [4.78, 5) is 67.6. The Labute approximate surface area is 322 Å². The topological polar surface area (TPSA) is 215 Å². The molecule has 3 fully saturated rings. The van der Waals surface area contributed by atoms with Gasteiger partial charge in [-0.05, 0) is 54.8 Å². The molecular formula is C40H46ClNO13. The monoisotopic (exact) mass is 783 g/mol. The molecule has 1 unspecified atom stereocenters. The lowest BCUT2D eigenvalue weighted by Crippen LogP contribution is -2.81. The molecule has 15 heteroatoms. The zero-order valence-electron chi connectivity index (χ0n) is 31.3. The minimum atomic E-state index is -2.32. The first-order valence-electron chi connectivity index (χ1n) is 18.0. The Hall–Kier alpha value is -4.18. The van der Waals surface area contributed by atoms with E-state index in [2.05, 4.69) is 5.32 Å². The Morgan fingerprint density at radius 3 is 2.16 bits per heavy atom. The van der Waals surface area contributed by atoms with Crippen LogP contribution < -0.4 is 5.32 Å². The average molecular weight is 784 g/mol. The number of hydrogen-bond donors (Lipinski definition) is 5. The zero-order valence-corrected chi connectivity index (χ0v) is 32.0. The van der Waals surface area contributed by atoms with Gasteiger partial charge in [0.25, 0.3) is 5.91 Å². The zero-order chi connectivity index (χ0) is 40.4. The Morgan fingerprint density at radius 2 is 1.60 bits per heavy atom. The van der Waals surface area contributed by atoms with Gasteiger partial charge in [0.05, 0.1) is 30.3 Å². The second-order valence-electron chi connectivity index (χ2n) is 15.7. The summed E-state index contributed by atoms with van der Waals surface area (Å²) in [5.74, 6) is -5.82. The third-order valence-corrected chi connectivity index (χ3v) is 12.6. The number of halogens is 1. The van der Waals surface area contributed by atoms with Crippen LogP contribution in [0.5, 0.6) is 0 Å². The molecule has 2 saturated carbocycles. The van der Waals surface area contributed by atoms with Gasteiger partial charge in [0.1, 0.15) is 17.8 Å². The molecule has 1 heterocycles. The van der Waals surface area contributed by atoms with Gasteiger partial charge in [-0.25, -0.2) is 4.79 Å². The van der Waals surface area contributed by atoms with Crippen LogP contribution in [0, 0.1) is 16.7 Å². The predicted molar refractivity (Wildman–Crippen MR) is 193 cm³/mol. The van der Waals surface area contributed by atoms with Gasteiger partial charge in [0.2, 0.25) is 0 Å². The lowest BCUT2D eigenvalue weighted by molar-refractivity contribution is -0.346. The molecular weight excluding hydrogens is 738 g/mol. The second-order valence-corrected chi connectivity index (χ2v) is 16.2. The molecule has 0 radical (unpaired) electrons. The normalized spacial score (nSPS) is 34.6. The number of amides is 1. The number of nitrogens with one attached hydrogen (secondary N) is 1. The number of ether oxygens (including phenoxy) is 4. The van der Waals surface area contributed by atoms with E-state index in [1.807, 2.05) is 0 Å². The summed E-state index contributed by atoms with van der Waals surface area (Å²) in [6, 6.07) is 12.8. The number of aliphatic hydroxyl groups excluding tert-OH is 3. The van der Waals surface area contributed by atoms with Gasteiger partial charge in [0, 0.05) is 48.6 Å². The summed E-state index contributed by atoms with van der Waals surface area (Å²) in [5, 5.41) is 51.8. The average Bonchev–Trinajstić information content (AvgIpc) is 3.12. The molecule has 1 amide bonds. The minimum Gasteiger partial charge on any atom is -0.456 e. The standard InChI is InChI=1S/C40H46ClNO13/c1-19-25(54-36(50)30(46)29(22-10-8-7-9-11-22)42-35(49)23-12-14-24(41)15-13-23)17-40(51)34(48)32-38(6,26(45)16-27-39(32,18-52-27)55-21(3)44)33(47)31(53-20(2)43)28(19)37(40,4)5/h7-15,25-27,29-32,34,45-46,48,51H,16-18H2,1-6H3,(H,42,49)/t25-,26-,27+,29-,30+,31+,32-,34-,38+,39?,40+/m0/s1. The molecule has 11 atom stereocenters. The number of carbonyl (C=O) groups is 5. The smallest absolute Gasteiger partial charge is 0.338 e. The van der Waals surface area contributed by atoms with Crippen molar-refractivity contribution in [1.82, 2.24) is 5.32 Å². The van der Waals surface area contributed by atoms with Crippen molar-refractivity contribution < 1.29 is 63.3 Å². The van der Waals surface area contributed by atoms with Crippen molar-refractivity contribution in [3.05, 3.63) is 81.9 Å². The van der Waals surface area contributed by atoms with E-state index in [1.165, 1.54) is 38.1 Å². The molecule has 2 aromatic rings. The maximum Gasteiger partial charge on any atom is 0.338 e. The first-order valence-corrected chi connectivity index (χ1v) is 18.4. The van der Waals surface area contributed by atoms with Crippen LogP contribution in [0.1, 0.15) is 76.3 Å². The molecule has 1 saturated heterocycles. The molecule has 2 aromatic carbocycles. The van der Waals surface area contributed by atoms with Crippen molar-refractivity contribution >= 4 is 41.2 Å². The molecule has 1 aliphatic heterocycles. The number of fused-ring (bicyclic) bond motifs is 5. The predicted octanol–water partition coefficient (Wildman–Crippen LogP) is 2.52. The lowest BCUT2D eigenvalue weighted by Gasteiger charge is -2.67. The number of aliphatic hydroxyl groups is 4. The van der Waals surface area contributed by atoms with Crippen molar-refractivity contribution in [3.63, 3.8) is 0 Å². The van der Waals surface area contributed by atoms with Gasteiger partial charge >= 0.3 is 17.9 Å². The molecule has 0 spiro atoms. The van der Waals surface area contributed by atoms with Gasteiger partial charge < -0.3 is 44.7 Å². The van der Waals surface area contributed by atoms with Gasteiger partial charge in [-0.3, -0.25) is 19.2 Å². The fourth-order valence-electron chi connectivity index (χ4n) is 9.31. The van der Waals surface area contributed by atoms with E-state index in [9.17, 15) is 44.4 Å². The maximum atomic E-state index is 15.0. The van der Waals surface area contributed by atoms with Crippen molar-refractivity contribution in [3.8, 4) is 0 Å². The number of Topliss-reactive ketones (excluding diaryl/α,β-unsaturated/α-hetero) is 1. The summed E-state index contributed by atoms with van der Waals surface area (Å²) < 4.78 is 23.2. The van der Waals surface area contributed by atoms with E-state index in [1.54, 1.807) is 44.2 Å². The number of rotatable bonds is 8. The minimum absolute atomic E-state index is 0.0174. The lowest BCUT2D eigenvalue weighted by atomic mass is 9.44. The highest BCUT2D eigenvalue weighted by molar-refractivity contribution is 6.30. The summed E-state index contributed by atoms with van der Waals surface area (Å²) in [5.41, 5.74) is -6.79. The van der Waals surface area contributed by atoms with Crippen LogP contribution >= 0.6 is 11.6 Å². The summed E-state index contributed by atoms with van der Waals surface area (Å²) in [6.45, 7) is 7.95. The van der Waals surface area contributed by atoms with Crippen molar-refractivity contribution in [2.24, 2.45) is 16.7 Å². The molecule has 3 aliphatic carbocycles. The Morgan fingerprint density at radius 1 is 0.964 bits per heavy atom. The highest BCUT2D eigenvalue weighted by atomic mass is 35.5. The fraction of sp³-hybridized carbons (Fsp3) is 0.525. The number of esters is 3. The first kappa shape index (κ1) is 40.5. The molecule has 2 bridgehead atoms. The Bertz CT molecular complexity index is 1920. The molecule has 6 rings (SSSR count). The van der Waals surface area contributed by atoms with Crippen LogP contribution in [-0.4, -0.2) is 104 Å². The second kappa shape index (κ2) is 14.4. The van der Waals surface area contributed by atoms with Gasteiger partial charge in [0.15, 0.2) is 23.6 Å². The van der Waals surface area contributed by atoms with Crippen molar-refractivity contribution in [2.75, 3.05) is 6.61 Å². The van der Waals surface area contributed by atoms with E-state index in [0.29, 0.717) is 10.6 Å². The molecule has 0 aromatic heterocycles. The van der Waals surface area contributed by atoms with Crippen molar-refractivity contribution in [2.45, 2.75) is 108 Å². The van der Waals surface area contributed by atoms with Crippen LogP contribution in [0.4, 0.5) is 0 Å². The van der Waals surface area contributed by atoms with Crippen LogP contribution in [0.25, 0.3) is 0 Å². The van der Waals surface area contributed by atoms with Crippen LogP contribution in [0.15, 0.2) is 65.7 Å². The highest BCUT2D eigenvalue weighted by Crippen LogP contribution is 2.63. The van der Waals surface area contributed by atoms with Crippen LogP contribution in [0.2, 0.25) is 5.02 Å². The molecule has 4 aliphatic rings. The molecule has 296 valence electrons. The molecule has 14 nitrogen and oxygen atoms in total. The van der Waals surface area contributed by atoms with E-state index in [0.717, 1.165) is 13.8 Å². The van der Waals surface area contributed by atoms with Gasteiger partial charge in [-0.15, -0.1) is 0 Å². The Kier molecular flexibility index (Phi) is 10.6. The van der Waals surface area contributed by atoms with Crippen LogP contribution in [0.3, 0.4) is 0 Å². The number of carbonyl (C=O) groups excluding carboxylic acids is 5. The number of benzene rings is 2.